The average molecular weight is 313 g/mol. The van der Waals surface area contributed by atoms with Crippen molar-refractivity contribution in [1.29, 1.82) is 0 Å². The Morgan fingerprint density at radius 1 is 0.864 bits per heavy atom. The number of hydrogen-bond donors (Lipinski definition) is 1. The number of thioether (sulfide) groups is 1. The first-order valence-corrected chi connectivity index (χ1v) is 8.24. The topological polar surface area (TPSA) is 46.2 Å². The number of rotatable bonds is 6. The third-order valence-electron chi connectivity index (χ3n) is 3.18. The van der Waals surface area contributed by atoms with Crippen molar-refractivity contribution in [1.82, 2.24) is 0 Å². The summed E-state index contributed by atoms with van der Waals surface area (Å²) in [5, 5.41) is 2.82. The van der Waals surface area contributed by atoms with E-state index in [1.807, 2.05) is 62.4 Å². The van der Waals surface area contributed by atoms with E-state index < -0.39 is 0 Å². The van der Waals surface area contributed by atoms with Gasteiger partial charge in [0.25, 0.3) is 0 Å². The second kappa shape index (κ2) is 7.80. The van der Waals surface area contributed by atoms with Gasteiger partial charge >= 0.3 is 0 Å². The number of Topliss-reactive ketones (excluding diaryl/α,β-unsaturated/α-hetero) is 1. The summed E-state index contributed by atoms with van der Waals surface area (Å²) in [5.41, 5.74) is 3.75. The summed E-state index contributed by atoms with van der Waals surface area (Å²) in [6.07, 6.45) is 0. The lowest BCUT2D eigenvalue weighted by atomic mass is 10.1. The molecule has 0 bridgehead atoms. The van der Waals surface area contributed by atoms with Gasteiger partial charge in [0.1, 0.15) is 0 Å². The number of aryl methyl sites for hydroxylation is 2. The van der Waals surface area contributed by atoms with E-state index in [0.717, 1.165) is 16.8 Å². The highest BCUT2D eigenvalue weighted by molar-refractivity contribution is 8.00. The number of carbonyl (C=O) groups is 2. The Hall–Kier alpha value is -2.07. The van der Waals surface area contributed by atoms with E-state index in [2.05, 4.69) is 5.32 Å². The van der Waals surface area contributed by atoms with Crippen molar-refractivity contribution in [2.75, 3.05) is 16.8 Å². The Bertz CT molecular complexity index is 648. The summed E-state index contributed by atoms with van der Waals surface area (Å²) in [4.78, 5) is 23.8. The number of anilines is 1. The van der Waals surface area contributed by atoms with Gasteiger partial charge < -0.3 is 5.32 Å². The van der Waals surface area contributed by atoms with Crippen LogP contribution in [0.1, 0.15) is 21.5 Å². The Morgan fingerprint density at radius 3 is 2.00 bits per heavy atom. The van der Waals surface area contributed by atoms with Crippen LogP contribution in [0, 0.1) is 13.8 Å². The fourth-order valence-corrected chi connectivity index (χ4v) is 2.60. The second-order valence-electron chi connectivity index (χ2n) is 5.20. The highest BCUT2D eigenvalue weighted by atomic mass is 32.2. The van der Waals surface area contributed by atoms with Gasteiger partial charge in [-0.05, 0) is 26.0 Å². The molecule has 2 rings (SSSR count). The Kier molecular flexibility index (Phi) is 5.78. The number of amides is 1. The van der Waals surface area contributed by atoms with Crippen LogP contribution in [0.25, 0.3) is 0 Å². The highest BCUT2D eigenvalue weighted by Gasteiger charge is 2.08. The van der Waals surface area contributed by atoms with Gasteiger partial charge in [-0.15, -0.1) is 11.8 Å². The van der Waals surface area contributed by atoms with Gasteiger partial charge in [-0.2, -0.15) is 0 Å². The molecule has 0 fully saturated rings. The van der Waals surface area contributed by atoms with Crippen LogP contribution in [-0.2, 0) is 4.79 Å². The standard InChI is InChI=1S/C18H19NO2S/c1-13-3-7-15(8-4-13)17(20)11-22-12-18(21)19-16-9-5-14(2)6-10-16/h3-10H,11-12H2,1-2H3,(H,19,21). The lowest BCUT2D eigenvalue weighted by Gasteiger charge is -2.05. The van der Waals surface area contributed by atoms with Crippen molar-refractivity contribution in [3.63, 3.8) is 0 Å². The molecule has 0 aliphatic heterocycles. The normalized spacial score (nSPS) is 10.3. The zero-order valence-corrected chi connectivity index (χ0v) is 13.6. The molecule has 0 atom stereocenters. The summed E-state index contributed by atoms with van der Waals surface area (Å²) < 4.78 is 0. The summed E-state index contributed by atoms with van der Waals surface area (Å²) in [6.45, 7) is 3.98. The molecule has 0 radical (unpaired) electrons. The van der Waals surface area contributed by atoms with Gasteiger partial charge in [0.15, 0.2) is 5.78 Å². The number of ketones is 1. The van der Waals surface area contributed by atoms with Crippen LogP contribution in [0.2, 0.25) is 0 Å². The molecule has 0 saturated carbocycles. The third kappa shape index (κ3) is 5.04. The molecule has 22 heavy (non-hydrogen) atoms. The Labute approximate surface area is 135 Å². The maximum Gasteiger partial charge on any atom is 0.234 e. The van der Waals surface area contributed by atoms with E-state index in [9.17, 15) is 9.59 Å². The highest BCUT2D eigenvalue weighted by Crippen LogP contribution is 2.11. The summed E-state index contributed by atoms with van der Waals surface area (Å²) in [6, 6.07) is 15.1. The summed E-state index contributed by atoms with van der Waals surface area (Å²) >= 11 is 1.33. The van der Waals surface area contributed by atoms with Gasteiger partial charge in [-0.25, -0.2) is 0 Å². The molecule has 114 valence electrons. The molecule has 0 aliphatic rings. The largest absolute Gasteiger partial charge is 0.325 e. The molecule has 2 aromatic carbocycles. The lowest BCUT2D eigenvalue weighted by molar-refractivity contribution is -0.113. The molecule has 0 heterocycles. The van der Waals surface area contributed by atoms with Crippen LogP contribution in [0.4, 0.5) is 5.69 Å². The van der Waals surface area contributed by atoms with Crippen LogP contribution >= 0.6 is 11.8 Å². The average Bonchev–Trinajstić information content (AvgIpc) is 2.50. The van der Waals surface area contributed by atoms with Crippen LogP contribution in [-0.4, -0.2) is 23.2 Å². The number of hydrogen-bond acceptors (Lipinski definition) is 3. The van der Waals surface area contributed by atoms with Crippen LogP contribution in [0.5, 0.6) is 0 Å². The minimum atomic E-state index is -0.0921. The molecule has 2 aromatic rings. The maximum atomic E-state index is 12.0. The predicted molar refractivity (Wildman–Crippen MR) is 92.6 cm³/mol. The number of benzene rings is 2. The van der Waals surface area contributed by atoms with Crippen LogP contribution in [0.15, 0.2) is 48.5 Å². The van der Waals surface area contributed by atoms with E-state index in [1.54, 1.807) is 0 Å². The molecule has 0 unspecified atom stereocenters. The van der Waals surface area contributed by atoms with Crippen molar-refractivity contribution in [2.45, 2.75) is 13.8 Å². The molecule has 1 amide bonds. The summed E-state index contributed by atoms with van der Waals surface area (Å²) in [5.74, 6) is 0.536. The van der Waals surface area contributed by atoms with Crippen molar-refractivity contribution >= 4 is 29.1 Å². The molecule has 1 N–H and O–H groups in total. The van der Waals surface area contributed by atoms with E-state index in [-0.39, 0.29) is 17.4 Å². The van der Waals surface area contributed by atoms with Crippen molar-refractivity contribution in [3.8, 4) is 0 Å². The Balaban J connectivity index is 1.75. The quantitative estimate of drug-likeness (QED) is 0.824. The van der Waals surface area contributed by atoms with Gasteiger partial charge in [0.2, 0.25) is 5.91 Å². The smallest absolute Gasteiger partial charge is 0.234 e. The van der Waals surface area contributed by atoms with Crippen molar-refractivity contribution < 1.29 is 9.59 Å². The molecule has 0 saturated heterocycles. The fourth-order valence-electron chi connectivity index (χ4n) is 1.89. The second-order valence-corrected chi connectivity index (χ2v) is 6.18. The van der Waals surface area contributed by atoms with Gasteiger partial charge in [0, 0.05) is 11.3 Å². The first-order valence-electron chi connectivity index (χ1n) is 7.09. The zero-order valence-electron chi connectivity index (χ0n) is 12.8. The van der Waals surface area contributed by atoms with E-state index in [1.165, 1.54) is 11.8 Å². The van der Waals surface area contributed by atoms with E-state index >= 15 is 0 Å². The first-order chi connectivity index (χ1) is 10.5. The monoisotopic (exact) mass is 313 g/mol. The zero-order chi connectivity index (χ0) is 15.9. The molecular weight excluding hydrogens is 294 g/mol. The van der Waals surface area contributed by atoms with E-state index in [4.69, 9.17) is 0 Å². The van der Waals surface area contributed by atoms with Gasteiger partial charge in [-0.1, -0.05) is 47.5 Å². The van der Waals surface area contributed by atoms with Crippen LogP contribution in [0.3, 0.4) is 0 Å². The molecule has 0 aliphatic carbocycles. The molecule has 4 heteroatoms. The van der Waals surface area contributed by atoms with Gasteiger partial charge in [-0.3, -0.25) is 9.59 Å². The fraction of sp³-hybridized carbons (Fsp3) is 0.222. The summed E-state index contributed by atoms with van der Waals surface area (Å²) in [7, 11) is 0. The maximum absolute atomic E-state index is 12.0. The number of carbonyl (C=O) groups excluding carboxylic acids is 2. The minimum Gasteiger partial charge on any atom is -0.325 e. The molecular formula is C18H19NO2S. The SMILES string of the molecule is Cc1ccc(NC(=O)CSCC(=O)c2ccc(C)cc2)cc1. The predicted octanol–water partition coefficient (Wildman–Crippen LogP) is 3.86. The Morgan fingerprint density at radius 2 is 1.41 bits per heavy atom. The minimum absolute atomic E-state index is 0.0492. The number of nitrogens with one attached hydrogen (secondary N) is 1. The van der Waals surface area contributed by atoms with Crippen LogP contribution < -0.4 is 5.32 Å². The van der Waals surface area contributed by atoms with E-state index in [0.29, 0.717) is 11.3 Å². The third-order valence-corrected chi connectivity index (χ3v) is 4.11. The first kappa shape index (κ1) is 16.3. The van der Waals surface area contributed by atoms with Gasteiger partial charge in [0.05, 0.1) is 11.5 Å². The lowest BCUT2D eigenvalue weighted by Crippen LogP contribution is -2.15. The molecule has 3 nitrogen and oxygen atoms in total. The molecule has 0 aromatic heterocycles. The van der Waals surface area contributed by atoms with Crippen molar-refractivity contribution in [2.24, 2.45) is 0 Å². The molecule has 0 spiro atoms. The van der Waals surface area contributed by atoms with Crippen molar-refractivity contribution in [3.05, 3.63) is 65.2 Å².